The Hall–Kier alpha value is -2.81. The second-order valence-corrected chi connectivity index (χ2v) is 6.55. The first kappa shape index (κ1) is 18.0. The van der Waals surface area contributed by atoms with E-state index in [0.717, 1.165) is 31.1 Å². The smallest absolute Gasteiger partial charge is 0.295 e. The number of anilines is 3. The highest BCUT2D eigenvalue weighted by molar-refractivity contribution is 5.68. The third-order valence-corrected chi connectivity index (χ3v) is 4.00. The predicted octanol–water partition coefficient (Wildman–Crippen LogP) is 3.12. The van der Waals surface area contributed by atoms with Crippen LogP contribution in [0.25, 0.3) is 0 Å². The molecule has 9 heteroatoms. The van der Waals surface area contributed by atoms with E-state index in [-0.39, 0.29) is 11.4 Å². The highest BCUT2D eigenvalue weighted by Gasteiger charge is 2.26. The van der Waals surface area contributed by atoms with Crippen molar-refractivity contribution in [3.05, 3.63) is 45.9 Å². The standard InChI is InChI=1S/C17H21FN6O2/c1-23(2)8-7-19-17-21-14(11-3-4-11)10-16(22-17)20-13-6-5-12(18)9-15(13)24(25)26/h5-6,9-11H,3-4,7-8H2,1-2H3,(H2,19,20,21,22). The average molecular weight is 360 g/mol. The minimum absolute atomic E-state index is 0.191. The first-order valence-electron chi connectivity index (χ1n) is 8.41. The van der Waals surface area contributed by atoms with Crippen LogP contribution in [0.5, 0.6) is 0 Å². The van der Waals surface area contributed by atoms with E-state index in [0.29, 0.717) is 24.2 Å². The van der Waals surface area contributed by atoms with E-state index in [2.05, 4.69) is 20.6 Å². The molecule has 1 aliphatic rings. The van der Waals surface area contributed by atoms with Crippen molar-refractivity contribution in [3.8, 4) is 0 Å². The lowest BCUT2D eigenvalue weighted by molar-refractivity contribution is -0.384. The molecule has 1 saturated carbocycles. The van der Waals surface area contributed by atoms with Crippen molar-refractivity contribution >= 4 is 23.1 Å². The summed E-state index contributed by atoms with van der Waals surface area (Å²) in [5.74, 6) is 0.665. The van der Waals surface area contributed by atoms with Gasteiger partial charge in [-0.15, -0.1) is 0 Å². The molecule has 0 spiro atoms. The van der Waals surface area contributed by atoms with Crippen LogP contribution in [0.15, 0.2) is 24.3 Å². The predicted molar refractivity (Wildman–Crippen MR) is 97.4 cm³/mol. The van der Waals surface area contributed by atoms with Crippen molar-refractivity contribution in [1.82, 2.24) is 14.9 Å². The monoisotopic (exact) mass is 360 g/mol. The van der Waals surface area contributed by atoms with E-state index in [4.69, 9.17) is 0 Å². The Morgan fingerprint density at radius 3 is 2.73 bits per heavy atom. The van der Waals surface area contributed by atoms with Gasteiger partial charge < -0.3 is 15.5 Å². The lowest BCUT2D eigenvalue weighted by Gasteiger charge is -2.13. The number of nitro groups is 1. The first-order chi connectivity index (χ1) is 12.4. The lowest BCUT2D eigenvalue weighted by Crippen LogP contribution is -2.21. The van der Waals surface area contributed by atoms with Gasteiger partial charge in [0, 0.05) is 25.1 Å². The molecule has 1 aliphatic carbocycles. The highest BCUT2D eigenvalue weighted by atomic mass is 19.1. The summed E-state index contributed by atoms with van der Waals surface area (Å²) in [4.78, 5) is 21.5. The number of benzene rings is 1. The molecule has 3 rings (SSSR count). The van der Waals surface area contributed by atoms with Crippen molar-refractivity contribution in [1.29, 1.82) is 0 Å². The molecule has 1 aromatic carbocycles. The highest BCUT2D eigenvalue weighted by Crippen LogP contribution is 2.40. The van der Waals surface area contributed by atoms with E-state index in [1.807, 2.05) is 19.0 Å². The molecule has 8 nitrogen and oxygen atoms in total. The molecular formula is C17H21FN6O2. The Kier molecular flexibility index (Phi) is 5.27. The summed E-state index contributed by atoms with van der Waals surface area (Å²) < 4.78 is 13.3. The largest absolute Gasteiger partial charge is 0.353 e. The van der Waals surface area contributed by atoms with Gasteiger partial charge in [-0.05, 0) is 39.1 Å². The van der Waals surface area contributed by atoms with Gasteiger partial charge in [-0.1, -0.05) is 0 Å². The van der Waals surface area contributed by atoms with Crippen LogP contribution in [-0.4, -0.2) is 47.0 Å². The normalized spacial score (nSPS) is 13.7. The zero-order valence-corrected chi connectivity index (χ0v) is 14.7. The van der Waals surface area contributed by atoms with E-state index < -0.39 is 10.7 Å². The van der Waals surface area contributed by atoms with Crippen LogP contribution in [0.3, 0.4) is 0 Å². The SMILES string of the molecule is CN(C)CCNc1nc(Nc2ccc(F)cc2[N+](=O)[O-])cc(C2CC2)n1. The molecular weight excluding hydrogens is 339 g/mol. The molecule has 0 aliphatic heterocycles. The third-order valence-electron chi connectivity index (χ3n) is 4.00. The fourth-order valence-electron chi connectivity index (χ4n) is 2.49. The van der Waals surface area contributed by atoms with E-state index >= 15 is 0 Å². The molecule has 0 atom stereocenters. The lowest BCUT2D eigenvalue weighted by atomic mass is 10.2. The molecule has 2 N–H and O–H groups in total. The molecule has 0 radical (unpaired) electrons. The fourth-order valence-corrected chi connectivity index (χ4v) is 2.49. The molecule has 0 bridgehead atoms. The molecule has 2 aromatic rings. The van der Waals surface area contributed by atoms with Gasteiger partial charge in [0.05, 0.1) is 16.7 Å². The Labute approximate surface area is 150 Å². The Bertz CT molecular complexity index is 810. The van der Waals surface area contributed by atoms with Crippen LogP contribution in [0, 0.1) is 15.9 Å². The van der Waals surface area contributed by atoms with Crippen molar-refractivity contribution in [2.24, 2.45) is 0 Å². The average Bonchev–Trinajstić information content (AvgIpc) is 3.41. The number of halogens is 1. The second-order valence-electron chi connectivity index (χ2n) is 6.55. The number of hydrogen-bond acceptors (Lipinski definition) is 7. The summed E-state index contributed by atoms with van der Waals surface area (Å²) in [5, 5.41) is 17.3. The Balaban J connectivity index is 1.85. The fraction of sp³-hybridized carbons (Fsp3) is 0.412. The molecule has 0 amide bonds. The molecule has 1 fully saturated rings. The van der Waals surface area contributed by atoms with Crippen LogP contribution < -0.4 is 10.6 Å². The number of nitro benzene ring substituents is 1. The molecule has 26 heavy (non-hydrogen) atoms. The summed E-state index contributed by atoms with van der Waals surface area (Å²) in [6, 6.07) is 5.20. The summed E-state index contributed by atoms with van der Waals surface area (Å²) >= 11 is 0. The molecule has 0 unspecified atom stereocenters. The molecule has 0 saturated heterocycles. The van der Waals surface area contributed by atoms with Crippen molar-refractivity contribution in [3.63, 3.8) is 0 Å². The summed E-state index contributed by atoms with van der Waals surface area (Å²) in [7, 11) is 3.95. The van der Waals surface area contributed by atoms with E-state index in [1.165, 1.54) is 12.1 Å². The van der Waals surface area contributed by atoms with Gasteiger partial charge in [-0.25, -0.2) is 9.37 Å². The quantitative estimate of drug-likeness (QED) is 0.551. The van der Waals surface area contributed by atoms with Gasteiger partial charge >= 0.3 is 0 Å². The Morgan fingerprint density at radius 2 is 2.08 bits per heavy atom. The van der Waals surface area contributed by atoms with Gasteiger partial charge in [-0.2, -0.15) is 4.98 Å². The Morgan fingerprint density at radius 1 is 1.31 bits per heavy atom. The molecule has 1 aromatic heterocycles. The molecule has 138 valence electrons. The van der Waals surface area contributed by atoms with Gasteiger partial charge in [-0.3, -0.25) is 10.1 Å². The number of nitrogens with one attached hydrogen (secondary N) is 2. The van der Waals surface area contributed by atoms with Crippen LogP contribution >= 0.6 is 0 Å². The topological polar surface area (TPSA) is 96.2 Å². The van der Waals surface area contributed by atoms with Gasteiger partial charge in [0.15, 0.2) is 0 Å². The van der Waals surface area contributed by atoms with E-state index in [9.17, 15) is 14.5 Å². The van der Waals surface area contributed by atoms with Crippen LogP contribution in [0.1, 0.15) is 24.5 Å². The maximum atomic E-state index is 13.3. The number of likely N-dealkylation sites (N-methyl/N-ethyl adjacent to an activating group) is 1. The zero-order chi connectivity index (χ0) is 18.7. The summed E-state index contributed by atoms with van der Waals surface area (Å²) in [5.41, 5.74) is 0.759. The number of nitrogens with zero attached hydrogens (tertiary/aromatic N) is 4. The zero-order valence-electron chi connectivity index (χ0n) is 14.7. The van der Waals surface area contributed by atoms with Crippen molar-refractivity contribution in [2.75, 3.05) is 37.8 Å². The number of aromatic nitrogens is 2. The summed E-state index contributed by atoms with van der Waals surface area (Å²) in [6.45, 7) is 1.50. The van der Waals surface area contributed by atoms with Crippen molar-refractivity contribution in [2.45, 2.75) is 18.8 Å². The van der Waals surface area contributed by atoms with Gasteiger partial charge in [0.2, 0.25) is 5.95 Å². The van der Waals surface area contributed by atoms with Crippen LogP contribution in [-0.2, 0) is 0 Å². The first-order valence-corrected chi connectivity index (χ1v) is 8.41. The van der Waals surface area contributed by atoms with E-state index in [1.54, 1.807) is 6.07 Å². The van der Waals surface area contributed by atoms with Gasteiger partial charge in [0.1, 0.15) is 17.3 Å². The summed E-state index contributed by atoms with van der Waals surface area (Å²) in [6.07, 6.45) is 2.15. The third kappa shape index (κ3) is 4.63. The minimum atomic E-state index is -0.658. The minimum Gasteiger partial charge on any atom is -0.353 e. The second kappa shape index (κ2) is 7.61. The van der Waals surface area contributed by atoms with Crippen LogP contribution in [0.2, 0.25) is 0 Å². The van der Waals surface area contributed by atoms with Crippen molar-refractivity contribution < 1.29 is 9.31 Å². The molecule has 1 heterocycles. The number of hydrogen-bond donors (Lipinski definition) is 2. The number of rotatable bonds is 8. The van der Waals surface area contributed by atoms with Gasteiger partial charge in [0.25, 0.3) is 5.69 Å². The maximum Gasteiger partial charge on any atom is 0.295 e. The maximum absolute atomic E-state index is 13.3. The van der Waals surface area contributed by atoms with Crippen LogP contribution in [0.4, 0.5) is 27.5 Å².